The molecule has 1 saturated carbocycles. The number of rotatable bonds is 4. The Morgan fingerprint density at radius 3 is 2.26 bits per heavy atom. The fourth-order valence-electron chi connectivity index (χ4n) is 7.62. The molecule has 2 fully saturated rings. The van der Waals surface area contributed by atoms with E-state index in [2.05, 4.69) is 5.32 Å². The number of carbonyl (C=O) groups is 2. The smallest absolute Gasteiger partial charge is 0.337 e. The number of allylic oxidation sites excluding steroid dienone is 1. The van der Waals surface area contributed by atoms with Gasteiger partial charge in [0.1, 0.15) is 17.5 Å². The topological polar surface area (TPSA) is 125 Å². The quantitative estimate of drug-likeness (QED) is 0.256. The molecule has 8 nitrogen and oxygen atoms in total. The molecule has 7 unspecified atom stereocenters. The molecule has 2 aliphatic carbocycles. The molecular weight excluding hydrogens is 701 g/mol. The van der Waals surface area contributed by atoms with Crippen molar-refractivity contribution in [2.75, 3.05) is 13.7 Å². The van der Waals surface area contributed by atoms with Crippen molar-refractivity contribution in [3.8, 4) is 0 Å². The van der Waals surface area contributed by atoms with Gasteiger partial charge >= 0.3 is 5.97 Å². The fourth-order valence-corrected chi connectivity index (χ4v) is 7.62. The van der Waals surface area contributed by atoms with E-state index in [1.807, 2.05) is 55.4 Å². The van der Waals surface area contributed by atoms with Crippen molar-refractivity contribution < 1.29 is 78.4 Å². The summed E-state index contributed by atoms with van der Waals surface area (Å²) in [4.78, 5) is 27.5. The van der Waals surface area contributed by atoms with Gasteiger partial charge in [0, 0.05) is 73.8 Å². The van der Waals surface area contributed by atoms with E-state index in [9.17, 15) is 24.9 Å². The molecule has 38 heavy (non-hydrogen) atoms. The second-order valence-electron chi connectivity index (χ2n) is 13.2. The standard InChI is InChI=1S/C29H49NO7.Ac/c1-14-11-21-29(35,13-36-21)24-15(2)19(31)12-20(37-26(34)23(32)18(5)30-10)16(3)22(27(6,7)8)17(4)25(33)28(14,24)9;/h14-15,17-21,23-24,30-32,35H,11-13H2,1-10H3;/b22-16-;/t14-,15+,17+,18?,19?,20?,21?,23?,24?,28+,29?;/m0./s1. The SMILES string of the molecule is CNC(C)C(O)C(=O)OC1CC(O)[C@@H](C)C2C3(O)COC3C[C@H](C)[C@@]2(C)C(=O)[C@H](C)/C(C(C)(C)C)=C/1C.[Ac]. The fraction of sp³-hybridized carbons (Fsp3) is 0.862. The van der Waals surface area contributed by atoms with Crippen molar-refractivity contribution >= 4 is 11.8 Å². The summed E-state index contributed by atoms with van der Waals surface area (Å²) in [6.45, 7) is 17.6. The van der Waals surface area contributed by atoms with Crippen LogP contribution in [0.4, 0.5) is 0 Å². The molecule has 0 aromatic heterocycles. The summed E-state index contributed by atoms with van der Waals surface area (Å²) in [6.07, 6.45) is -2.86. The average molecular weight is 751 g/mol. The summed E-state index contributed by atoms with van der Waals surface area (Å²) in [7, 11) is 1.65. The number of hydrogen-bond acceptors (Lipinski definition) is 8. The molecule has 0 aromatic carbocycles. The van der Waals surface area contributed by atoms with Gasteiger partial charge in [-0.15, -0.1) is 0 Å². The number of hydrogen-bond donors (Lipinski definition) is 4. The maximum atomic E-state index is 14.5. The summed E-state index contributed by atoms with van der Waals surface area (Å²) in [6, 6.07) is -0.517. The molecule has 0 spiro atoms. The first-order valence-corrected chi connectivity index (χ1v) is 13.8. The van der Waals surface area contributed by atoms with Gasteiger partial charge < -0.3 is 30.1 Å². The van der Waals surface area contributed by atoms with E-state index in [0.29, 0.717) is 6.42 Å². The Labute approximate surface area is 264 Å². The van der Waals surface area contributed by atoms with Gasteiger partial charge in [-0.3, -0.25) is 4.79 Å². The average Bonchev–Trinajstić information content (AvgIpc) is 2.81. The van der Waals surface area contributed by atoms with Gasteiger partial charge in [0.2, 0.25) is 0 Å². The molecule has 0 bridgehead atoms. The van der Waals surface area contributed by atoms with Crippen LogP contribution in [0.3, 0.4) is 0 Å². The first kappa shape index (κ1) is 34.3. The van der Waals surface area contributed by atoms with Crippen LogP contribution < -0.4 is 5.32 Å². The molecule has 0 amide bonds. The zero-order valence-electron chi connectivity index (χ0n) is 24.9. The molecule has 1 aliphatic heterocycles. The van der Waals surface area contributed by atoms with E-state index in [-0.39, 0.29) is 74.9 Å². The van der Waals surface area contributed by atoms with Crippen LogP contribution in [0, 0.1) is 78.6 Å². The maximum absolute atomic E-state index is 14.5. The van der Waals surface area contributed by atoms with E-state index >= 15 is 0 Å². The number of ketones is 1. The number of nitrogens with one attached hydrogen (secondary N) is 1. The van der Waals surface area contributed by atoms with Crippen LogP contribution in [0.1, 0.15) is 75.2 Å². The minimum Gasteiger partial charge on any atom is -0.456 e. The minimum atomic E-state index is -1.38. The van der Waals surface area contributed by atoms with E-state index in [0.717, 1.165) is 11.1 Å². The Balaban J connectivity index is 0.00000507. The van der Waals surface area contributed by atoms with Crippen molar-refractivity contribution in [3.63, 3.8) is 0 Å². The summed E-state index contributed by atoms with van der Waals surface area (Å²) >= 11 is 0. The summed E-state index contributed by atoms with van der Waals surface area (Å²) in [5.74, 6) is -2.30. The second kappa shape index (κ2) is 12.2. The molecule has 9 heteroatoms. The van der Waals surface area contributed by atoms with Crippen molar-refractivity contribution in [2.24, 2.45) is 34.5 Å². The molecule has 0 aromatic rings. The van der Waals surface area contributed by atoms with Gasteiger partial charge in [-0.1, -0.05) is 54.0 Å². The molecule has 215 valence electrons. The predicted molar refractivity (Wildman–Crippen MR) is 141 cm³/mol. The molecule has 11 atom stereocenters. The van der Waals surface area contributed by atoms with E-state index in [1.54, 1.807) is 14.0 Å². The molecule has 1 saturated heterocycles. The van der Waals surface area contributed by atoms with Crippen LogP contribution in [0.25, 0.3) is 0 Å². The summed E-state index contributed by atoms with van der Waals surface area (Å²) in [5.41, 5.74) is -0.931. The predicted octanol–water partition coefficient (Wildman–Crippen LogP) is 2.63. The minimum absolute atomic E-state index is 0. The number of Topliss-reactive ketones (excluding diaryl/α,β-unsaturated/α-hetero) is 1. The second-order valence-corrected chi connectivity index (χ2v) is 13.2. The molecule has 3 rings (SSSR count). The number of aliphatic hydroxyl groups is 3. The monoisotopic (exact) mass is 750 g/mol. The third-order valence-electron chi connectivity index (χ3n) is 9.94. The normalized spacial score (nSPS) is 43.5. The van der Waals surface area contributed by atoms with Gasteiger partial charge in [-0.05, 0) is 50.1 Å². The number of fused-ring (bicyclic) bond motifs is 3. The van der Waals surface area contributed by atoms with E-state index < -0.39 is 64.5 Å². The largest absolute Gasteiger partial charge is 0.456 e. The Morgan fingerprint density at radius 1 is 1.21 bits per heavy atom. The molecule has 1 radical (unpaired) electrons. The van der Waals surface area contributed by atoms with Gasteiger partial charge in [0.05, 0.1) is 18.8 Å². The van der Waals surface area contributed by atoms with Crippen LogP contribution in [-0.2, 0) is 19.1 Å². The Bertz CT molecular complexity index is 932. The van der Waals surface area contributed by atoms with Crippen molar-refractivity contribution in [3.05, 3.63) is 11.1 Å². The number of carbonyl (C=O) groups excluding carboxylic acids is 2. The zero-order valence-corrected chi connectivity index (χ0v) is 29.6. The van der Waals surface area contributed by atoms with Gasteiger partial charge in [0.25, 0.3) is 0 Å². The van der Waals surface area contributed by atoms with Crippen LogP contribution in [0.15, 0.2) is 11.1 Å². The number of esters is 1. The Kier molecular flexibility index (Phi) is 11.0. The molecule has 3 aliphatic rings. The van der Waals surface area contributed by atoms with E-state index in [1.165, 1.54) is 0 Å². The van der Waals surface area contributed by atoms with Crippen LogP contribution >= 0.6 is 0 Å². The number of likely N-dealkylation sites (N-methyl/N-ethyl adjacent to an activating group) is 1. The van der Waals surface area contributed by atoms with Crippen LogP contribution in [0.5, 0.6) is 0 Å². The van der Waals surface area contributed by atoms with Crippen molar-refractivity contribution in [2.45, 2.75) is 111 Å². The van der Waals surface area contributed by atoms with Crippen molar-refractivity contribution in [1.82, 2.24) is 5.32 Å². The van der Waals surface area contributed by atoms with E-state index in [4.69, 9.17) is 9.47 Å². The molecule has 1 heterocycles. The number of ether oxygens (including phenoxy) is 2. The first-order valence-electron chi connectivity index (χ1n) is 13.8. The van der Waals surface area contributed by atoms with Gasteiger partial charge in [-0.2, -0.15) is 0 Å². The summed E-state index contributed by atoms with van der Waals surface area (Å²) < 4.78 is 11.6. The third kappa shape index (κ3) is 5.74. The Morgan fingerprint density at radius 2 is 1.79 bits per heavy atom. The van der Waals surface area contributed by atoms with Gasteiger partial charge in [-0.25, -0.2) is 4.79 Å². The number of aliphatic hydroxyl groups excluding tert-OH is 2. The zero-order chi connectivity index (χ0) is 28.2. The summed E-state index contributed by atoms with van der Waals surface area (Å²) in [5, 5.41) is 36.7. The third-order valence-corrected chi connectivity index (χ3v) is 9.94. The molecule has 4 N–H and O–H groups in total. The maximum Gasteiger partial charge on any atom is 0.337 e. The van der Waals surface area contributed by atoms with Crippen molar-refractivity contribution in [1.29, 1.82) is 0 Å². The van der Waals surface area contributed by atoms with Crippen LogP contribution in [-0.4, -0.2) is 76.8 Å². The van der Waals surface area contributed by atoms with Gasteiger partial charge in [0.15, 0.2) is 6.10 Å². The Hall–Kier alpha value is 0.122. The first-order chi connectivity index (χ1) is 16.9. The van der Waals surface area contributed by atoms with Crippen LogP contribution in [0.2, 0.25) is 0 Å². The molecular formula is C29H49AcNO7.